The number of pyridine rings is 1. The molecule has 0 aliphatic rings. The molecule has 0 saturated heterocycles. The second-order valence-electron chi connectivity index (χ2n) is 4.32. The number of alkyl halides is 3. The van der Waals surface area contributed by atoms with E-state index in [2.05, 4.69) is 5.32 Å². The highest BCUT2D eigenvalue weighted by Crippen LogP contribution is 2.28. The predicted molar refractivity (Wildman–Crippen MR) is 71.4 cm³/mol. The number of esters is 1. The fraction of sp³-hybridized carbons (Fsp3) is 0.538. The summed E-state index contributed by atoms with van der Waals surface area (Å²) in [6, 6.07) is 0.519. The molecule has 1 rings (SSSR count). The van der Waals surface area contributed by atoms with Crippen LogP contribution in [-0.4, -0.2) is 24.1 Å². The maximum Gasteiger partial charge on any atom is 0.421 e. The van der Waals surface area contributed by atoms with E-state index < -0.39 is 23.3 Å². The molecular formula is C13H17F3N2O3. The predicted octanol–water partition coefficient (Wildman–Crippen LogP) is 2.78. The van der Waals surface area contributed by atoms with E-state index >= 15 is 0 Å². The Bertz CT molecular complexity index is 553. The second-order valence-corrected chi connectivity index (χ2v) is 4.32. The Kier molecular flexibility index (Phi) is 5.80. The van der Waals surface area contributed by atoms with Crippen LogP contribution in [0.2, 0.25) is 0 Å². The Morgan fingerprint density at radius 2 is 2.05 bits per heavy atom. The maximum absolute atomic E-state index is 12.7. The topological polar surface area (TPSA) is 71.2 Å². The van der Waals surface area contributed by atoms with E-state index in [4.69, 9.17) is 4.74 Å². The third-order valence-electron chi connectivity index (χ3n) is 2.65. The van der Waals surface area contributed by atoms with Crippen molar-refractivity contribution in [1.29, 1.82) is 0 Å². The van der Waals surface area contributed by atoms with E-state index in [0.717, 1.165) is 6.42 Å². The molecule has 8 heteroatoms. The maximum atomic E-state index is 12.7. The smallest absolute Gasteiger partial charge is 0.421 e. The minimum absolute atomic E-state index is 0.0722. The minimum Gasteiger partial charge on any atom is -0.462 e. The lowest BCUT2D eigenvalue weighted by atomic mass is 10.1. The number of anilines is 1. The lowest BCUT2D eigenvalue weighted by Crippen LogP contribution is -2.25. The number of H-pyrrole nitrogens is 1. The first-order chi connectivity index (χ1) is 9.81. The SMILES string of the molecule is CCCCOC(=O)c1cc(C(F)(F)F)c(=O)[nH]c1NCC. The number of hydrogen-bond donors (Lipinski definition) is 2. The van der Waals surface area contributed by atoms with Crippen LogP contribution < -0.4 is 10.9 Å². The van der Waals surface area contributed by atoms with Gasteiger partial charge in [-0.3, -0.25) is 4.79 Å². The van der Waals surface area contributed by atoms with Gasteiger partial charge in [0.1, 0.15) is 16.9 Å². The summed E-state index contributed by atoms with van der Waals surface area (Å²) in [4.78, 5) is 25.3. The van der Waals surface area contributed by atoms with Crippen molar-refractivity contribution in [3.05, 3.63) is 27.5 Å². The highest BCUT2D eigenvalue weighted by Gasteiger charge is 2.35. The van der Waals surface area contributed by atoms with E-state index in [1.54, 1.807) is 6.92 Å². The summed E-state index contributed by atoms with van der Waals surface area (Å²) in [5.41, 5.74) is -3.06. The van der Waals surface area contributed by atoms with Crippen LogP contribution >= 0.6 is 0 Å². The Morgan fingerprint density at radius 3 is 2.57 bits per heavy atom. The van der Waals surface area contributed by atoms with Gasteiger partial charge in [0.25, 0.3) is 5.56 Å². The number of hydrogen-bond acceptors (Lipinski definition) is 4. The Balaban J connectivity index is 3.20. The summed E-state index contributed by atoms with van der Waals surface area (Å²) in [7, 11) is 0. The molecule has 0 bridgehead atoms. The minimum atomic E-state index is -4.84. The van der Waals surface area contributed by atoms with Crippen LogP contribution in [-0.2, 0) is 10.9 Å². The molecule has 0 atom stereocenters. The molecule has 5 nitrogen and oxygen atoms in total. The van der Waals surface area contributed by atoms with E-state index in [0.29, 0.717) is 19.0 Å². The molecule has 0 fully saturated rings. The zero-order valence-corrected chi connectivity index (χ0v) is 11.8. The second kappa shape index (κ2) is 7.14. The van der Waals surface area contributed by atoms with Gasteiger partial charge in [-0.2, -0.15) is 13.2 Å². The average Bonchev–Trinajstić information content (AvgIpc) is 2.37. The first kappa shape index (κ1) is 17.1. The van der Waals surface area contributed by atoms with Crippen molar-refractivity contribution >= 4 is 11.8 Å². The van der Waals surface area contributed by atoms with Crippen molar-refractivity contribution in [2.45, 2.75) is 32.9 Å². The van der Waals surface area contributed by atoms with Gasteiger partial charge in [0, 0.05) is 6.54 Å². The summed E-state index contributed by atoms with van der Waals surface area (Å²) in [6.45, 7) is 4.01. The number of rotatable bonds is 6. The fourth-order valence-corrected chi connectivity index (χ4v) is 1.60. The number of aromatic nitrogens is 1. The number of unbranched alkanes of at least 4 members (excludes halogenated alkanes) is 1. The number of ether oxygens (including phenoxy) is 1. The first-order valence-corrected chi connectivity index (χ1v) is 6.56. The number of halogens is 3. The highest BCUT2D eigenvalue weighted by molar-refractivity contribution is 5.94. The molecule has 0 saturated carbocycles. The Labute approximate surface area is 119 Å². The molecule has 1 aromatic rings. The van der Waals surface area contributed by atoms with Crippen LogP contribution in [0, 0.1) is 0 Å². The molecule has 21 heavy (non-hydrogen) atoms. The summed E-state index contributed by atoms with van der Waals surface area (Å²) in [5, 5.41) is 2.64. The van der Waals surface area contributed by atoms with E-state index in [-0.39, 0.29) is 18.0 Å². The lowest BCUT2D eigenvalue weighted by molar-refractivity contribution is -0.138. The van der Waals surface area contributed by atoms with Gasteiger partial charge in [0.15, 0.2) is 0 Å². The van der Waals surface area contributed by atoms with Gasteiger partial charge in [-0.1, -0.05) is 13.3 Å². The number of carbonyl (C=O) groups is 1. The van der Waals surface area contributed by atoms with Crippen LogP contribution in [0.15, 0.2) is 10.9 Å². The third kappa shape index (κ3) is 4.51. The monoisotopic (exact) mass is 306 g/mol. The van der Waals surface area contributed by atoms with Gasteiger partial charge < -0.3 is 15.0 Å². The molecule has 0 unspecified atom stereocenters. The van der Waals surface area contributed by atoms with Gasteiger partial charge in [-0.05, 0) is 19.4 Å². The normalized spacial score (nSPS) is 11.3. The van der Waals surface area contributed by atoms with Crippen molar-refractivity contribution in [3.8, 4) is 0 Å². The largest absolute Gasteiger partial charge is 0.462 e. The molecule has 0 aliphatic carbocycles. The molecule has 0 aliphatic heterocycles. The van der Waals surface area contributed by atoms with Gasteiger partial charge >= 0.3 is 12.1 Å². The number of nitrogens with one attached hydrogen (secondary N) is 2. The van der Waals surface area contributed by atoms with E-state index in [9.17, 15) is 22.8 Å². The third-order valence-corrected chi connectivity index (χ3v) is 2.65. The number of aromatic amines is 1. The highest BCUT2D eigenvalue weighted by atomic mass is 19.4. The van der Waals surface area contributed by atoms with Crippen molar-refractivity contribution in [1.82, 2.24) is 4.98 Å². The average molecular weight is 306 g/mol. The van der Waals surface area contributed by atoms with E-state index in [1.165, 1.54) is 0 Å². The Hall–Kier alpha value is -1.99. The molecule has 1 heterocycles. The fourth-order valence-electron chi connectivity index (χ4n) is 1.60. The molecular weight excluding hydrogens is 289 g/mol. The molecule has 0 aromatic carbocycles. The molecule has 0 radical (unpaired) electrons. The van der Waals surface area contributed by atoms with Gasteiger partial charge in [0.2, 0.25) is 0 Å². The molecule has 2 N–H and O–H groups in total. The summed E-state index contributed by atoms with van der Waals surface area (Å²) >= 11 is 0. The molecule has 0 spiro atoms. The van der Waals surface area contributed by atoms with Gasteiger partial charge in [-0.15, -0.1) is 0 Å². The molecule has 1 aromatic heterocycles. The van der Waals surface area contributed by atoms with Crippen LogP contribution in [0.1, 0.15) is 42.6 Å². The van der Waals surface area contributed by atoms with Crippen molar-refractivity contribution < 1.29 is 22.7 Å². The van der Waals surface area contributed by atoms with Crippen molar-refractivity contribution in [2.24, 2.45) is 0 Å². The summed E-state index contributed by atoms with van der Waals surface area (Å²) in [6.07, 6.45) is -3.44. The number of carbonyl (C=O) groups excluding carboxylic acids is 1. The van der Waals surface area contributed by atoms with Gasteiger partial charge in [-0.25, -0.2) is 4.79 Å². The van der Waals surface area contributed by atoms with E-state index in [1.807, 2.05) is 11.9 Å². The van der Waals surface area contributed by atoms with Crippen LogP contribution in [0.25, 0.3) is 0 Å². The standard InChI is InChI=1S/C13H17F3N2O3/c1-3-5-6-21-12(20)8-7-9(13(14,15)16)11(19)18-10(8)17-4-2/h7H,3-6H2,1-2H3,(H2,17,18,19). The van der Waals surface area contributed by atoms with Crippen molar-refractivity contribution in [3.63, 3.8) is 0 Å². The molecule has 0 amide bonds. The van der Waals surface area contributed by atoms with Crippen molar-refractivity contribution in [2.75, 3.05) is 18.5 Å². The summed E-state index contributed by atoms with van der Waals surface area (Å²) < 4.78 is 43.1. The van der Waals surface area contributed by atoms with Crippen LogP contribution in [0.3, 0.4) is 0 Å². The zero-order chi connectivity index (χ0) is 16.0. The summed E-state index contributed by atoms with van der Waals surface area (Å²) in [5.74, 6) is -0.974. The Morgan fingerprint density at radius 1 is 1.38 bits per heavy atom. The van der Waals surface area contributed by atoms with Crippen LogP contribution in [0.5, 0.6) is 0 Å². The first-order valence-electron chi connectivity index (χ1n) is 6.56. The molecule has 118 valence electrons. The quantitative estimate of drug-likeness (QED) is 0.626. The van der Waals surface area contributed by atoms with Gasteiger partial charge in [0.05, 0.1) is 6.61 Å². The zero-order valence-electron chi connectivity index (χ0n) is 11.8. The van der Waals surface area contributed by atoms with Crippen LogP contribution in [0.4, 0.5) is 19.0 Å². The lowest BCUT2D eigenvalue weighted by Gasteiger charge is -2.13.